The molecule has 1 aromatic carbocycles. The van der Waals surface area contributed by atoms with Gasteiger partial charge in [0.05, 0.1) is 5.92 Å². The maximum Gasteiger partial charge on any atom is 0.309 e. The topological polar surface area (TPSA) is 43.4 Å². The van der Waals surface area contributed by atoms with Gasteiger partial charge < -0.3 is 9.53 Å². The average molecular weight is 276 g/mol. The van der Waals surface area contributed by atoms with Crippen LogP contribution in [0.15, 0.2) is 30.3 Å². The molecule has 0 amide bonds. The zero-order valence-electron chi connectivity index (χ0n) is 12.4. The van der Waals surface area contributed by atoms with Crippen molar-refractivity contribution >= 4 is 11.8 Å². The van der Waals surface area contributed by atoms with Crippen LogP contribution in [0.4, 0.5) is 0 Å². The SMILES string of the molecule is CCC(CCCCC(C)=O)C(=O)OCc1ccccc1. The first-order valence-electron chi connectivity index (χ1n) is 7.33. The standard InChI is InChI=1S/C17H24O3/c1-3-16(12-8-7-9-14(2)18)17(19)20-13-15-10-5-4-6-11-15/h4-6,10-11,16H,3,7-9,12-13H2,1-2H3. The molecule has 0 aliphatic rings. The largest absolute Gasteiger partial charge is 0.461 e. The van der Waals surface area contributed by atoms with Crippen molar-refractivity contribution in [2.75, 3.05) is 0 Å². The van der Waals surface area contributed by atoms with Gasteiger partial charge in [-0.25, -0.2) is 0 Å². The smallest absolute Gasteiger partial charge is 0.309 e. The number of esters is 1. The normalized spacial score (nSPS) is 11.9. The summed E-state index contributed by atoms with van der Waals surface area (Å²) >= 11 is 0. The molecule has 3 heteroatoms. The van der Waals surface area contributed by atoms with Gasteiger partial charge in [-0.3, -0.25) is 4.79 Å². The van der Waals surface area contributed by atoms with Crippen molar-refractivity contribution in [2.45, 2.75) is 52.6 Å². The van der Waals surface area contributed by atoms with Crippen molar-refractivity contribution in [3.8, 4) is 0 Å². The van der Waals surface area contributed by atoms with Crippen LogP contribution in [-0.2, 0) is 20.9 Å². The second kappa shape index (κ2) is 9.29. The maximum absolute atomic E-state index is 12.0. The summed E-state index contributed by atoms with van der Waals surface area (Å²) in [7, 11) is 0. The van der Waals surface area contributed by atoms with Crippen molar-refractivity contribution in [1.29, 1.82) is 0 Å². The van der Waals surface area contributed by atoms with Gasteiger partial charge in [-0.1, -0.05) is 43.7 Å². The van der Waals surface area contributed by atoms with E-state index in [0.717, 1.165) is 31.2 Å². The highest BCUT2D eigenvalue weighted by atomic mass is 16.5. The summed E-state index contributed by atoms with van der Waals surface area (Å²) in [6, 6.07) is 9.70. The summed E-state index contributed by atoms with van der Waals surface area (Å²) in [5.41, 5.74) is 1.01. The molecule has 0 aliphatic carbocycles. The highest BCUT2D eigenvalue weighted by molar-refractivity contribution is 5.75. The Kier molecular flexibility index (Phi) is 7.63. The fourth-order valence-electron chi connectivity index (χ4n) is 2.10. The summed E-state index contributed by atoms with van der Waals surface area (Å²) in [6.07, 6.45) is 3.96. The highest BCUT2D eigenvalue weighted by Crippen LogP contribution is 2.16. The number of carbonyl (C=O) groups is 2. The van der Waals surface area contributed by atoms with E-state index >= 15 is 0 Å². The lowest BCUT2D eigenvalue weighted by atomic mass is 9.98. The molecular weight excluding hydrogens is 252 g/mol. The summed E-state index contributed by atoms with van der Waals surface area (Å²) in [5.74, 6) is 0.0366. The van der Waals surface area contributed by atoms with E-state index in [1.165, 1.54) is 0 Å². The van der Waals surface area contributed by atoms with Gasteiger partial charge in [-0.2, -0.15) is 0 Å². The minimum Gasteiger partial charge on any atom is -0.461 e. The first-order valence-corrected chi connectivity index (χ1v) is 7.33. The Balaban J connectivity index is 2.29. The van der Waals surface area contributed by atoms with Gasteiger partial charge in [0.15, 0.2) is 0 Å². The van der Waals surface area contributed by atoms with E-state index in [4.69, 9.17) is 4.74 Å². The van der Waals surface area contributed by atoms with E-state index in [9.17, 15) is 9.59 Å². The van der Waals surface area contributed by atoms with Crippen LogP contribution in [0, 0.1) is 5.92 Å². The lowest BCUT2D eigenvalue weighted by Crippen LogP contribution is -2.17. The number of benzene rings is 1. The van der Waals surface area contributed by atoms with E-state index in [2.05, 4.69) is 0 Å². The number of rotatable bonds is 9. The van der Waals surface area contributed by atoms with Gasteiger partial charge in [0.25, 0.3) is 0 Å². The molecule has 0 bridgehead atoms. The summed E-state index contributed by atoms with van der Waals surface area (Å²) < 4.78 is 5.35. The van der Waals surface area contributed by atoms with E-state index < -0.39 is 0 Å². The van der Waals surface area contributed by atoms with Crippen LogP contribution >= 0.6 is 0 Å². The van der Waals surface area contributed by atoms with E-state index in [1.54, 1.807) is 6.92 Å². The number of ketones is 1. The predicted octanol–water partition coefficient (Wildman–Crippen LogP) is 3.91. The van der Waals surface area contributed by atoms with Gasteiger partial charge in [0, 0.05) is 6.42 Å². The number of hydrogen-bond acceptors (Lipinski definition) is 3. The number of hydrogen-bond donors (Lipinski definition) is 0. The molecule has 0 spiro atoms. The molecule has 1 unspecified atom stereocenters. The Labute approximate surface area is 121 Å². The van der Waals surface area contributed by atoms with Gasteiger partial charge in [-0.15, -0.1) is 0 Å². The van der Waals surface area contributed by atoms with E-state index in [-0.39, 0.29) is 17.7 Å². The monoisotopic (exact) mass is 276 g/mol. The highest BCUT2D eigenvalue weighted by Gasteiger charge is 2.17. The predicted molar refractivity (Wildman–Crippen MR) is 79.2 cm³/mol. The average Bonchev–Trinajstić information content (AvgIpc) is 2.45. The molecule has 3 nitrogen and oxygen atoms in total. The van der Waals surface area contributed by atoms with E-state index in [0.29, 0.717) is 13.0 Å². The fourth-order valence-corrected chi connectivity index (χ4v) is 2.10. The Hall–Kier alpha value is -1.64. The Bertz CT molecular complexity index is 412. The molecule has 0 saturated heterocycles. The molecule has 0 N–H and O–H groups in total. The van der Waals surface area contributed by atoms with Crippen LogP contribution < -0.4 is 0 Å². The summed E-state index contributed by atoms with van der Waals surface area (Å²) in [4.78, 5) is 22.8. The third-order valence-corrected chi connectivity index (χ3v) is 3.38. The van der Waals surface area contributed by atoms with E-state index in [1.807, 2.05) is 37.3 Å². The molecule has 0 aromatic heterocycles. The van der Waals surface area contributed by atoms with Gasteiger partial charge >= 0.3 is 5.97 Å². The number of unbranched alkanes of at least 4 members (excludes halogenated alkanes) is 1. The molecule has 0 heterocycles. The molecule has 1 atom stereocenters. The lowest BCUT2D eigenvalue weighted by molar-refractivity contribution is -0.150. The molecule has 110 valence electrons. The molecule has 0 fully saturated rings. The molecule has 0 saturated carbocycles. The second-order valence-corrected chi connectivity index (χ2v) is 5.15. The van der Waals surface area contributed by atoms with Crippen LogP contribution in [0.5, 0.6) is 0 Å². The van der Waals surface area contributed by atoms with Crippen LogP contribution in [0.3, 0.4) is 0 Å². The van der Waals surface area contributed by atoms with Gasteiger partial charge in [-0.05, 0) is 31.7 Å². The first-order chi connectivity index (χ1) is 9.63. The van der Waals surface area contributed by atoms with Crippen LogP contribution in [0.2, 0.25) is 0 Å². The number of Topliss-reactive ketones (excluding diaryl/α,β-unsaturated/α-hetero) is 1. The van der Waals surface area contributed by atoms with Gasteiger partial charge in [0.1, 0.15) is 12.4 Å². The molecular formula is C17H24O3. The quantitative estimate of drug-likeness (QED) is 0.507. The first kappa shape index (κ1) is 16.4. The maximum atomic E-state index is 12.0. The van der Waals surface area contributed by atoms with Crippen molar-refractivity contribution < 1.29 is 14.3 Å². The lowest BCUT2D eigenvalue weighted by Gasteiger charge is -2.14. The van der Waals surface area contributed by atoms with Crippen molar-refractivity contribution in [3.05, 3.63) is 35.9 Å². The molecule has 1 rings (SSSR count). The van der Waals surface area contributed by atoms with Crippen molar-refractivity contribution in [1.82, 2.24) is 0 Å². The summed E-state index contributed by atoms with van der Waals surface area (Å²) in [5, 5.41) is 0. The van der Waals surface area contributed by atoms with Crippen molar-refractivity contribution in [2.24, 2.45) is 5.92 Å². The zero-order valence-corrected chi connectivity index (χ0v) is 12.4. The fraction of sp³-hybridized carbons (Fsp3) is 0.529. The molecule has 20 heavy (non-hydrogen) atoms. The number of ether oxygens (including phenoxy) is 1. The Morgan fingerprint density at radius 1 is 1.15 bits per heavy atom. The zero-order chi connectivity index (χ0) is 14.8. The van der Waals surface area contributed by atoms with Crippen LogP contribution in [-0.4, -0.2) is 11.8 Å². The number of carbonyl (C=O) groups excluding carboxylic acids is 2. The minimum atomic E-state index is -0.126. The van der Waals surface area contributed by atoms with Crippen molar-refractivity contribution in [3.63, 3.8) is 0 Å². The molecule has 0 radical (unpaired) electrons. The third kappa shape index (κ3) is 6.50. The van der Waals surface area contributed by atoms with Gasteiger partial charge in [0.2, 0.25) is 0 Å². The third-order valence-electron chi connectivity index (χ3n) is 3.38. The minimum absolute atomic E-state index is 0.0503. The molecule has 0 aliphatic heterocycles. The van der Waals surface area contributed by atoms with Crippen LogP contribution in [0.1, 0.15) is 51.5 Å². The Morgan fingerprint density at radius 2 is 1.85 bits per heavy atom. The summed E-state index contributed by atoms with van der Waals surface area (Å²) in [6.45, 7) is 3.94. The van der Waals surface area contributed by atoms with Crippen LogP contribution in [0.25, 0.3) is 0 Å². The molecule has 1 aromatic rings. The Morgan fingerprint density at radius 3 is 2.45 bits per heavy atom. The second-order valence-electron chi connectivity index (χ2n) is 5.15.